The van der Waals surface area contributed by atoms with Crippen LogP contribution >= 0.6 is 11.3 Å². The first-order chi connectivity index (χ1) is 5.84. The Kier molecular flexibility index (Phi) is 4.05. The van der Waals surface area contributed by atoms with E-state index in [1.54, 1.807) is 11.3 Å². The van der Waals surface area contributed by atoms with Crippen molar-refractivity contribution < 1.29 is 5.11 Å². The van der Waals surface area contributed by atoms with Crippen molar-refractivity contribution in [3.63, 3.8) is 0 Å². The topological polar surface area (TPSA) is 20.2 Å². The highest BCUT2D eigenvalue weighted by Crippen LogP contribution is 2.21. The molecular formula is C10H14OS. The zero-order valence-corrected chi connectivity index (χ0v) is 7.89. The molecule has 1 unspecified atom stereocenters. The van der Waals surface area contributed by atoms with Gasteiger partial charge in [-0.05, 0) is 41.7 Å². The van der Waals surface area contributed by atoms with Gasteiger partial charge in [-0.3, -0.25) is 0 Å². The molecule has 0 saturated heterocycles. The van der Waals surface area contributed by atoms with Crippen molar-refractivity contribution in [3.05, 3.63) is 35.0 Å². The number of aliphatic hydroxyl groups excluding tert-OH is 1. The third-order valence-electron chi connectivity index (χ3n) is 1.81. The molecule has 0 radical (unpaired) electrons. The molecule has 1 aromatic rings. The van der Waals surface area contributed by atoms with E-state index in [1.807, 2.05) is 22.9 Å². The minimum absolute atomic E-state index is 0.281. The minimum Gasteiger partial charge on any atom is -0.388 e. The zero-order valence-electron chi connectivity index (χ0n) is 7.07. The number of aliphatic hydroxyl groups is 1. The van der Waals surface area contributed by atoms with Crippen LogP contribution in [0, 0.1) is 0 Å². The smallest absolute Gasteiger partial charge is 0.0798 e. The first-order valence-corrected chi connectivity index (χ1v) is 5.10. The number of allylic oxidation sites excluding steroid dienone is 1. The van der Waals surface area contributed by atoms with E-state index >= 15 is 0 Å². The zero-order chi connectivity index (χ0) is 8.81. The molecule has 0 amide bonds. The Morgan fingerprint density at radius 2 is 2.50 bits per heavy atom. The summed E-state index contributed by atoms with van der Waals surface area (Å²) in [5.74, 6) is 0. The van der Waals surface area contributed by atoms with Crippen molar-refractivity contribution in [3.8, 4) is 0 Å². The minimum atomic E-state index is -0.281. The molecule has 0 aromatic carbocycles. The standard InChI is InChI=1S/C10H14OS/c1-2-3-4-5-10(11)9-6-7-12-8-9/h2,6-8,10-11H,1,3-5H2. The van der Waals surface area contributed by atoms with Crippen molar-refractivity contribution >= 4 is 11.3 Å². The summed E-state index contributed by atoms with van der Waals surface area (Å²) >= 11 is 1.63. The number of thiophene rings is 1. The van der Waals surface area contributed by atoms with E-state index < -0.39 is 0 Å². The summed E-state index contributed by atoms with van der Waals surface area (Å²) in [6, 6.07) is 1.98. The Balaban J connectivity index is 2.29. The molecule has 0 saturated carbocycles. The first kappa shape index (κ1) is 9.49. The van der Waals surface area contributed by atoms with Crippen LogP contribution in [0.5, 0.6) is 0 Å². The van der Waals surface area contributed by atoms with Crippen molar-refractivity contribution in [2.75, 3.05) is 0 Å². The third-order valence-corrected chi connectivity index (χ3v) is 2.52. The van der Waals surface area contributed by atoms with Crippen LogP contribution in [0.1, 0.15) is 30.9 Å². The molecule has 12 heavy (non-hydrogen) atoms. The van der Waals surface area contributed by atoms with Crippen molar-refractivity contribution in [1.82, 2.24) is 0 Å². The molecule has 1 rings (SSSR count). The maximum Gasteiger partial charge on any atom is 0.0798 e. The van der Waals surface area contributed by atoms with Gasteiger partial charge in [0.15, 0.2) is 0 Å². The molecule has 66 valence electrons. The van der Waals surface area contributed by atoms with E-state index in [9.17, 15) is 5.11 Å². The van der Waals surface area contributed by atoms with Gasteiger partial charge in [0.2, 0.25) is 0 Å². The highest BCUT2D eigenvalue weighted by Gasteiger charge is 2.05. The maximum atomic E-state index is 9.61. The predicted octanol–water partition coefficient (Wildman–Crippen LogP) is 3.14. The molecule has 1 aromatic heterocycles. The molecule has 0 aliphatic rings. The highest BCUT2D eigenvalue weighted by atomic mass is 32.1. The fourth-order valence-corrected chi connectivity index (χ4v) is 1.79. The van der Waals surface area contributed by atoms with Crippen LogP contribution in [0.25, 0.3) is 0 Å². The quantitative estimate of drug-likeness (QED) is 0.548. The lowest BCUT2D eigenvalue weighted by molar-refractivity contribution is 0.165. The predicted molar refractivity (Wildman–Crippen MR) is 53.3 cm³/mol. The number of rotatable bonds is 5. The molecule has 0 fully saturated rings. The summed E-state index contributed by atoms with van der Waals surface area (Å²) in [4.78, 5) is 0. The summed E-state index contributed by atoms with van der Waals surface area (Å²) in [5, 5.41) is 13.6. The molecule has 0 aliphatic carbocycles. The van der Waals surface area contributed by atoms with Crippen molar-refractivity contribution in [2.24, 2.45) is 0 Å². The molecule has 0 spiro atoms. The Hall–Kier alpha value is -0.600. The van der Waals surface area contributed by atoms with Crippen LogP contribution in [0.15, 0.2) is 29.5 Å². The number of unbranched alkanes of at least 4 members (excludes halogenated alkanes) is 1. The summed E-state index contributed by atoms with van der Waals surface area (Å²) in [6.45, 7) is 3.64. The molecule has 1 atom stereocenters. The SMILES string of the molecule is C=CCCCC(O)c1ccsc1. The number of hydrogen-bond donors (Lipinski definition) is 1. The highest BCUT2D eigenvalue weighted by molar-refractivity contribution is 7.07. The lowest BCUT2D eigenvalue weighted by Crippen LogP contribution is -1.94. The van der Waals surface area contributed by atoms with E-state index in [-0.39, 0.29) is 6.10 Å². The first-order valence-electron chi connectivity index (χ1n) is 4.15. The van der Waals surface area contributed by atoms with Crippen molar-refractivity contribution in [1.29, 1.82) is 0 Å². The van der Waals surface area contributed by atoms with Gasteiger partial charge in [-0.1, -0.05) is 6.08 Å². The summed E-state index contributed by atoms with van der Waals surface area (Å²) in [6.07, 6.45) is 4.45. The van der Waals surface area contributed by atoms with Gasteiger partial charge >= 0.3 is 0 Å². The normalized spacial score (nSPS) is 12.8. The van der Waals surface area contributed by atoms with E-state index in [1.165, 1.54) is 0 Å². The van der Waals surface area contributed by atoms with Gasteiger partial charge in [-0.15, -0.1) is 6.58 Å². The van der Waals surface area contributed by atoms with E-state index in [0.717, 1.165) is 24.8 Å². The monoisotopic (exact) mass is 182 g/mol. The lowest BCUT2D eigenvalue weighted by Gasteiger charge is -2.06. The van der Waals surface area contributed by atoms with Gasteiger partial charge in [-0.2, -0.15) is 11.3 Å². The van der Waals surface area contributed by atoms with Crippen molar-refractivity contribution in [2.45, 2.75) is 25.4 Å². The van der Waals surface area contributed by atoms with Crippen LogP contribution in [0.2, 0.25) is 0 Å². The molecule has 1 heterocycles. The van der Waals surface area contributed by atoms with Gasteiger partial charge in [0.1, 0.15) is 0 Å². The molecule has 1 N–H and O–H groups in total. The van der Waals surface area contributed by atoms with Crippen LogP contribution in [-0.2, 0) is 0 Å². The van der Waals surface area contributed by atoms with Gasteiger partial charge < -0.3 is 5.11 Å². The van der Waals surface area contributed by atoms with E-state index in [0.29, 0.717) is 0 Å². The molecule has 0 bridgehead atoms. The average Bonchev–Trinajstić information content (AvgIpc) is 2.56. The Morgan fingerprint density at radius 3 is 3.08 bits per heavy atom. The second kappa shape index (κ2) is 5.12. The molecule has 0 aliphatic heterocycles. The summed E-state index contributed by atoms with van der Waals surface area (Å²) in [5.41, 5.74) is 1.05. The lowest BCUT2D eigenvalue weighted by atomic mass is 10.1. The largest absolute Gasteiger partial charge is 0.388 e. The Morgan fingerprint density at radius 1 is 1.67 bits per heavy atom. The fourth-order valence-electron chi connectivity index (χ4n) is 1.09. The Labute approximate surface area is 77.4 Å². The second-order valence-electron chi connectivity index (χ2n) is 2.79. The molecule has 2 heteroatoms. The molecule has 1 nitrogen and oxygen atoms in total. The van der Waals surface area contributed by atoms with E-state index in [2.05, 4.69) is 6.58 Å². The fraction of sp³-hybridized carbons (Fsp3) is 0.400. The van der Waals surface area contributed by atoms with Crippen LogP contribution < -0.4 is 0 Å². The van der Waals surface area contributed by atoms with Gasteiger partial charge in [-0.25, -0.2) is 0 Å². The van der Waals surface area contributed by atoms with Crippen LogP contribution in [-0.4, -0.2) is 5.11 Å². The van der Waals surface area contributed by atoms with Gasteiger partial charge in [0.25, 0.3) is 0 Å². The third kappa shape index (κ3) is 2.80. The van der Waals surface area contributed by atoms with Gasteiger partial charge in [0.05, 0.1) is 6.10 Å². The summed E-state index contributed by atoms with van der Waals surface area (Å²) < 4.78 is 0. The maximum absolute atomic E-state index is 9.61. The van der Waals surface area contributed by atoms with Crippen LogP contribution in [0.4, 0.5) is 0 Å². The van der Waals surface area contributed by atoms with Crippen LogP contribution in [0.3, 0.4) is 0 Å². The summed E-state index contributed by atoms with van der Waals surface area (Å²) in [7, 11) is 0. The second-order valence-corrected chi connectivity index (χ2v) is 3.57. The Bertz CT molecular complexity index is 216. The number of hydrogen-bond acceptors (Lipinski definition) is 2. The van der Waals surface area contributed by atoms with Gasteiger partial charge in [0, 0.05) is 0 Å². The van der Waals surface area contributed by atoms with E-state index in [4.69, 9.17) is 0 Å². The molecular weight excluding hydrogens is 168 g/mol. The average molecular weight is 182 g/mol.